The predicted molar refractivity (Wildman–Crippen MR) is 77.7 cm³/mol. The summed E-state index contributed by atoms with van der Waals surface area (Å²) in [6, 6.07) is 0. The lowest BCUT2D eigenvalue weighted by Crippen LogP contribution is -2.51. The monoisotopic (exact) mass is 253 g/mol. The van der Waals surface area contributed by atoms with Crippen LogP contribution in [0.15, 0.2) is 0 Å². The number of nitrogens with zero attached hydrogens (tertiary/aromatic N) is 2. The largest absolute Gasteiger partial charge is 0.330 e. The second kappa shape index (κ2) is 6.36. The summed E-state index contributed by atoms with van der Waals surface area (Å²) in [5.41, 5.74) is 6.37. The predicted octanol–water partition coefficient (Wildman–Crippen LogP) is 1.78. The van der Waals surface area contributed by atoms with Gasteiger partial charge in [-0.05, 0) is 43.6 Å². The normalized spacial score (nSPS) is 23.5. The minimum Gasteiger partial charge on any atom is -0.330 e. The van der Waals surface area contributed by atoms with Crippen molar-refractivity contribution in [2.75, 3.05) is 45.8 Å². The molecule has 3 heteroatoms. The maximum Gasteiger partial charge on any atom is 0.0110 e. The fraction of sp³-hybridized carbons (Fsp3) is 1.00. The van der Waals surface area contributed by atoms with Crippen molar-refractivity contribution in [2.24, 2.45) is 17.1 Å². The molecule has 0 aromatic heterocycles. The number of hydrogen-bond acceptors (Lipinski definition) is 3. The van der Waals surface area contributed by atoms with Crippen LogP contribution in [0.1, 0.15) is 39.5 Å². The van der Waals surface area contributed by atoms with E-state index in [0.29, 0.717) is 5.41 Å². The first-order valence-corrected chi connectivity index (χ1v) is 7.86. The molecule has 0 aromatic carbocycles. The molecule has 106 valence electrons. The van der Waals surface area contributed by atoms with Gasteiger partial charge in [-0.3, -0.25) is 0 Å². The number of rotatable bonds is 7. The SMILES string of the molecule is CCC(CC)(CN)CN1CCN(CC2CC2)CC1. The smallest absolute Gasteiger partial charge is 0.0110 e. The van der Waals surface area contributed by atoms with Gasteiger partial charge in [0.15, 0.2) is 0 Å². The van der Waals surface area contributed by atoms with Crippen LogP contribution in [0.4, 0.5) is 0 Å². The maximum absolute atomic E-state index is 6.01. The molecule has 0 radical (unpaired) electrons. The van der Waals surface area contributed by atoms with Crippen LogP contribution in [0, 0.1) is 11.3 Å². The lowest BCUT2D eigenvalue weighted by molar-refractivity contribution is 0.0805. The summed E-state index contributed by atoms with van der Waals surface area (Å²) in [6.45, 7) is 13.0. The molecule has 0 bridgehead atoms. The van der Waals surface area contributed by atoms with Crippen LogP contribution >= 0.6 is 0 Å². The molecule has 2 rings (SSSR count). The zero-order chi connectivity index (χ0) is 13.0. The van der Waals surface area contributed by atoms with Crippen LogP contribution in [0.2, 0.25) is 0 Å². The van der Waals surface area contributed by atoms with Gasteiger partial charge in [0.05, 0.1) is 0 Å². The molecule has 1 heterocycles. The summed E-state index contributed by atoms with van der Waals surface area (Å²) in [6.07, 6.45) is 5.37. The van der Waals surface area contributed by atoms with Gasteiger partial charge in [0.25, 0.3) is 0 Å². The third kappa shape index (κ3) is 3.69. The third-order valence-electron chi connectivity index (χ3n) is 5.17. The van der Waals surface area contributed by atoms with Crippen LogP contribution in [0.25, 0.3) is 0 Å². The van der Waals surface area contributed by atoms with Crippen molar-refractivity contribution in [3.05, 3.63) is 0 Å². The van der Waals surface area contributed by atoms with Gasteiger partial charge in [0, 0.05) is 39.3 Å². The topological polar surface area (TPSA) is 32.5 Å². The van der Waals surface area contributed by atoms with Crippen LogP contribution in [0.5, 0.6) is 0 Å². The average Bonchev–Trinajstić information content (AvgIpc) is 3.22. The Morgan fingerprint density at radius 1 is 1.00 bits per heavy atom. The molecule has 2 aliphatic rings. The summed E-state index contributed by atoms with van der Waals surface area (Å²) >= 11 is 0. The van der Waals surface area contributed by atoms with Gasteiger partial charge in [-0.2, -0.15) is 0 Å². The van der Waals surface area contributed by atoms with Crippen LogP contribution in [-0.4, -0.2) is 55.6 Å². The molecule has 0 spiro atoms. The fourth-order valence-corrected chi connectivity index (χ4v) is 3.10. The Balaban J connectivity index is 1.74. The van der Waals surface area contributed by atoms with E-state index in [1.54, 1.807) is 0 Å². The van der Waals surface area contributed by atoms with Crippen molar-refractivity contribution in [3.63, 3.8) is 0 Å². The highest BCUT2D eigenvalue weighted by Gasteiger charge is 2.30. The first-order valence-electron chi connectivity index (χ1n) is 7.86. The van der Waals surface area contributed by atoms with Crippen molar-refractivity contribution in [1.82, 2.24) is 9.80 Å². The van der Waals surface area contributed by atoms with E-state index < -0.39 is 0 Å². The first kappa shape index (κ1) is 14.3. The van der Waals surface area contributed by atoms with E-state index in [4.69, 9.17) is 5.73 Å². The summed E-state index contributed by atoms with van der Waals surface area (Å²) < 4.78 is 0. The van der Waals surface area contributed by atoms with E-state index in [0.717, 1.165) is 12.5 Å². The zero-order valence-electron chi connectivity index (χ0n) is 12.3. The van der Waals surface area contributed by atoms with Gasteiger partial charge < -0.3 is 15.5 Å². The Bertz CT molecular complexity index is 230. The molecule has 0 atom stereocenters. The highest BCUT2D eigenvalue weighted by atomic mass is 15.3. The van der Waals surface area contributed by atoms with Crippen molar-refractivity contribution < 1.29 is 0 Å². The van der Waals surface area contributed by atoms with Crippen molar-refractivity contribution in [2.45, 2.75) is 39.5 Å². The van der Waals surface area contributed by atoms with E-state index >= 15 is 0 Å². The van der Waals surface area contributed by atoms with E-state index in [9.17, 15) is 0 Å². The van der Waals surface area contributed by atoms with Gasteiger partial charge in [-0.15, -0.1) is 0 Å². The molecular formula is C15H31N3. The van der Waals surface area contributed by atoms with E-state index in [1.807, 2.05) is 0 Å². The lowest BCUT2D eigenvalue weighted by atomic mass is 9.82. The number of piperazine rings is 1. The lowest BCUT2D eigenvalue weighted by Gasteiger charge is -2.41. The molecule has 2 N–H and O–H groups in total. The number of hydrogen-bond donors (Lipinski definition) is 1. The van der Waals surface area contributed by atoms with Crippen molar-refractivity contribution >= 4 is 0 Å². The van der Waals surface area contributed by atoms with E-state index in [1.165, 1.54) is 65.0 Å². The van der Waals surface area contributed by atoms with Crippen LogP contribution in [-0.2, 0) is 0 Å². The Labute approximate surface area is 113 Å². The fourth-order valence-electron chi connectivity index (χ4n) is 3.10. The second-order valence-electron chi connectivity index (χ2n) is 6.43. The van der Waals surface area contributed by atoms with Crippen LogP contribution < -0.4 is 5.73 Å². The maximum atomic E-state index is 6.01. The molecule has 1 aliphatic carbocycles. The Morgan fingerprint density at radius 3 is 2.00 bits per heavy atom. The molecule has 0 unspecified atom stereocenters. The summed E-state index contributed by atoms with van der Waals surface area (Å²) in [5, 5.41) is 0. The molecule has 18 heavy (non-hydrogen) atoms. The van der Waals surface area contributed by atoms with Gasteiger partial charge in [-0.1, -0.05) is 13.8 Å². The molecule has 1 aliphatic heterocycles. The Kier molecular flexibility index (Phi) is 5.05. The Morgan fingerprint density at radius 2 is 1.56 bits per heavy atom. The van der Waals surface area contributed by atoms with Gasteiger partial charge in [0.1, 0.15) is 0 Å². The standard InChI is InChI=1S/C15H31N3/c1-3-15(4-2,12-16)13-18-9-7-17(8-10-18)11-14-5-6-14/h14H,3-13,16H2,1-2H3. The average molecular weight is 253 g/mol. The molecular weight excluding hydrogens is 222 g/mol. The second-order valence-corrected chi connectivity index (χ2v) is 6.43. The first-order chi connectivity index (χ1) is 8.71. The van der Waals surface area contributed by atoms with Crippen LogP contribution in [0.3, 0.4) is 0 Å². The van der Waals surface area contributed by atoms with E-state index in [-0.39, 0.29) is 0 Å². The molecule has 1 saturated heterocycles. The van der Waals surface area contributed by atoms with Gasteiger partial charge >= 0.3 is 0 Å². The molecule has 2 fully saturated rings. The minimum absolute atomic E-state index is 0.360. The molecule has 3 nitrogen and oxygen atoms in total. The van der Waals surface area contributed by atoms with Gasteiger partial charge in [0.2, 0.25) is 0 Å². The molecule has 0 aromatic rings. The molecule has 0 amide bonds. The van der Waals surface area contributed by atoms with Crippen molar-refractivity contribution in [3.8, 4) is 0 Å². The van der Waals surface area contributed by atoms with Crippen molar-refractivity contribution in [1.29, 1.82) is 0 Å². The quantitative estimate of drug-likeness (QED) is 0.751. The number of nitrogens with two attached hydrogens (primary N) is 1. The third-order valence-corrected chi connectivity index (χ3v) is 5.17. The minimum atomic E-state index is 0.360. The zero-order valence-corrected chi connectivity index (χ0v) is 12.3. The highest BCUT2D eigenvalue weighted by Crippen LogP contribution is 2.30. The summed E-state index contributed by atoms with van der Waals surface area (Å²) in [7, 11) is 0. The molecule has 1 saturated carbocycles. The Hall–Kier alpha value is -0.120. The highest BCUT2D eigenvalue weighted by molar-refractivity contribution is 4.85. The van der Waals surface area contributed by atoms with E-state index in [2.05, 4.69) is 23.6 Å². The summed E-state index contributed by atoms with van der Waals surface area (Å²) in [5.74, 6) is 1.03. The summed E-state index contributed by atoms with van der Waals surface area (Å²) in [4.78, 5) is 5.31. The van der Waals surface area contributed by atoms with Gasteiger partial charge in [-0.25, -0.2) is 0 Å².